The molecule has 0 bridgehead atoms. The number of nitrogens with one attached hydrogen (secondary N) is 1. The summed E-state index contributed by atoms with van der Waals surface area (Å²) in [6, 6.07) is 12.2. The highest BCUT2D eigenvalue weighted by Gasteiger charge is 2.17. The molecule has 0 aliphatic carbocycles. The molecule has 0 atom stereocenters. The lowest BCUT2D eigenvalue weighted by atomic mass is 10.0. The Kier molecular flexibility index (Phi) is 4.23. The van der Waals surface area contributed by atoms with E-state index in [1.165, 1.54) is 11.3 Å². The first-order chi connectivity index (χ1) is 10.8. The molecular weight excluding hydrogens is 278 g/mol. The van der Waals surface area contributed by atoms with E-state index in [0.29, 0.717) is 12.4 Å². The summed E-state index contributed by atoms with van der Waals surface area (Å²) < 4.78 is 4.84. The van der Waals surface area contributed by atoms with Gasteiger partial charge in [-0.1, -0.05) is 18.2 Å². The number of ether oxygens (including phenoxy) is 1. The molecule has 1 aliphatic rings. The third-order valence-corrected chi connectivity index (χ3v) is 3.68. The Morgan fingerprint density at radius 3 is 2.95 bits per heavy atom. The molecule has 0 saturated heterocycles. The lowest BCUT2D eigenvalue weighted by Gasteiger charge is -2.31. The van der Waals surface area contributed by atoms with E-state index in [2.05, 4.69) is 39.5 Å². The van der Waals surface area contributed by atoms with Gasteiger partial charge in [0.1, 0.15) is 5.82 Å². The first-order valence-corrected chi connectivity index (χ1v) is 7.53. The maximum absolute atomic E-state index is 11.4. The van der Waals surface area contributed by atoms with Crippen molar-refractivity contribution in [3.05, 3.63) is 48.2 Å². The number of carbonyl (C=O) groups is 1. The van der Waals surface area contributed by atoms with Gasteiger partial charge in [-0.2, -0.15) is 0 Å². The van der Waals surface area contributed by atoms with Crippen LogP contribution in [-0.2, 0) is 11.2 Å². The van der Waals surface area contributed by atoms with Crippen LogP contribution < -0.4 is 10.2 Å². The van der Waals surface area contributed by atoms with Crippen LogP contribution in [0.5, 0.6) is 0 Å². The molecule has 5 heteroatoms. The van der Waals surface area contributed by atoms with Crippen LogP contribution in [-0.4, -0.2) is 24.2 Å². The summed E-state index contributed by atoms with van der Waals surface area (Å²) in [6.45, 7) is 3.09. The smallest absolute Gasteiger partial charge is 0.412 e. The van der Waals surface area contributed by atoms with Gasteiger partial charge in [0, 0.05) is 12.2 Å². The zero-order valence-electron chi connectivity index (χ0n) is 12.6. The van der Waals surface area contributed by atoms with E-state index in [-0.39, 0.29) is 0 Å². The van der Waals surface area contributed by atoms with Gasteiger partial charge in [-0.15, -0.1) is 0 Å². The Balaban J connectivity index is 1.78. The molecule has 5 nitrogen and oxygen atoms in total. The minimum Gasteiger partial charge on any atom is -0.450 e. The second-order valence-electron chi connectivity index (χ2n) is 5.13. The number of carbonyl (C=O) groups excluding carboxylic acids is 1. The van der Waals surface area contributed by atoms with E-state index >= 15 is 0 Å². The number of benzene rings is 1. The minimum absolute atomic E-state index is 0.342. The van der Waals surface area contributed by atoms with Crippen molar-refractivity contribution in [3.63, 3.8) is 0 Å². The standard InChI is InChI=1S/C17H19N3O2/c1-2-22-17(21)19-16-10-9-14(12-18-16)20-11-5-7-13-6-3-4-8-15(13)20/h3-4,6,8-10,12H,2,5,7,11H2,1H3,(H,18,19,21). The lowest BCUT2D eigenvalue weighted by Crippen LogP contribution is -2.24. The summed E-state index contributed by atoms with van der Waals surface area (Å²) in [6.07, 6.45) is 3.54. The molecule has 0 unspecified atom stereocenters. The summed E-state index contributed by atoms with van der Waals surface area (Å²) in [4.78, 5) is 17.9. The third kappa shape index (κ3) is 3.03. The molecule has 1 aliphatic heterocycles. The molecule has 0 saturated carbocycles. The molecule has 22 heavy (non-hydrogen) atoms. The highest BCUT2D eigenvalue weighted by molar-refractivity contribution is 5.83. The van der Waals surface area contributed by atoms with Crippen LogP contribution in [0.4, 0.5) is 22.0 Å². The normalized spacial score (nSPS) is 13.4. The first-order valence-electron chi connectivity index (χ1n) is 7.53. The van der Waals surface area contributed by atoms with Crippen LogP contribution in [0.25, 0.3) is 0 Å². The van der Waals surface area contributed by atoms with Crippen molar-refractivity contribution in [2.45, 2.75) is 19.8 Å². The van der Waals surface area contributed by atoms with Gasteiger partial charge in [0.25, 0.3) is 0 Å². The number of fused-ring (bicyclic) bond motifs is 1. The largest absolute Gasteiger partial charge is 0.450 e. The summed E-state index contributed by atoms with van der Waals surface area (Å²) in [5.41, 5.74) is 3.63. The van der Waals surface area contributed by atoms with E-state index in [4.69, 9.17) is 4.74 Å². The van der Waals surface area contributed by atoms with Crippen LogP contribution in [0, 0.1) is 0 Å². The number of para-hydroxylation sites is 1. The monoisotopic (exact) mass is 297 g/mol. The van der Waals surface area contributed by atoms with Crippen molar-refractivity contribution in [1.82, 2.24) is 4.98 Å². The average Bonchev–Trinajstić information content (AvgIpc) is 2.55. The SMILES string of the molecule is CCOC(=O)Nc1ccc(N2CCCc3ccccc32)cn1. The van der Waals surface area contributed by atoms with E-state index in [9.17, 15) is 4.79 Å². The first kappa shape index (κ1) is 14.4. The van der Waals surface area contributed by atoms with Gasteiger partial charge in [0.05, 0.1) is 18.5 Å². The molecular formula is C17H19N3O2. The van der Waals surface area contributed by atoms with Crippen molar-refractivity contribution in [2.24, 2.45) is 0 Å². The molecule has 2 heterocycles. The minimum atomic E-state index is -0.480. The second-order valence-corrected chi connectivity index (χ2v) is 5.13. The van der Waals surface area contributed by atoms with Crippen molar-refractivity contribution in [2.75, 3.05) is 23.4 Å². The van der Waals surface area contributed by atoms with E-state index in [1.807, 2.05) is 6.07 Å². The van der Waals surface area contributed by atoms with Crippen molar-refractivity contribution < 1.29 is 9.53 Å². The maximum Gasteiger partial charge on any atom is 0.412 e. The summed E-state index contributed by atoms with van der Waals surface area (Å²) in [5, 5.41) is 2.60. The predicted molar refractivity (Wildman–Crippen MR) is 86.7 cm³/mol. The van der Waals surface area contributed by atoms with Gasteiger partial charge in [0.2, 0.25) is 0 Å². The Morgan fingerprint density at radius 1 is 1.32 bits per heavy atom. The third-order valence-electron chi connectivity index (χ3n) is 3.68. The number of hydrogen-bond donors (Lipinski definition) is 1. The number of hydrogen-bond acceptors (Lipinski definition) is 4. The Morgan fingerprint density at radius 2 is 2.18 bits per heavy atom. The second kappa shape index (κ2) is 6.47. The van der Waals surface area contributed by atoms with E-state index in [0.717, 1.165) is 25.1 Å². The summed E-state index contributed by atoms with van der Waals surface area (Å²) in [7, 11) is 0. The van der Waals surface area contributed by atoms with Gasteiger partial charge >= 0.3 is 6.09 Å². The van der Waals surface area contributed by atoms with Crippen LogP contribution in [0.1, 0.15) is 18.9 Å². The number of pyridine rings is 1. The predicted octanol–water partition coefficient (Wildman–Crippen LogP) is 3.73. The molecule has 1 amide bonds. The molecule has 1 aromatic carbocycles. The molecule has 1 N–H and O–H groups in total. The zero-order chi connectivity index (χ0) is 15.4. The number of aryl methyl sites for hydroxylation is 1. The summed E-state index contributed by atoms with van der Waals surface area (Å²) >= 11 is 0. The number of anilines is 3. The number of aromatic nitrogens is 1. The molecule has 2 aromatic rings. The van der Waals surface area contributed by atoms with Crippen molar-refractivity contribution in [1.29, 1.82) is 0 Å². The van der Waals surface area contributed by atoms with E-state index < -0.39 is 6.09 Å². The number of nitrogens with zero attached hydrogens (tertiary/aromatic N) is 2. The van der Waals surface area contributed by atoms with Crippen molar-refractivity contribution >= 4 is 23.3 Å². The van der Waals surface area contributed by atoms with Crippen molar-refractivity contribution in [3.8, 4) is 0 Å². The van der Waals surface area contributed by atoms with Gasteiger partial charge in [-0.05, 0) is 43.5 Å². The highest BCUT2D eigenvalue weighted by atomic mass is 16.5. The van der Waals surface area contributed by atoms with Crippen LogP contribution in [0.2, 0.25) is 0 Å². The Labute approximate surface area is 129 Å². The van der Waals surface area contributed by atoms with Gasteiger partial charge in [0.15, 0.2) is 0 Å². The molecule has 1 aromatic heterocycles. The molecule has 0 radical (unpaired) electrons. The Bertz CT molecular complexity index is 655. The fourth-order valence-corrected chi connectivity index (χ4v) is 2.69. The van der Waals surface area contributed by atoms with Crippen LogP contribution in [0.3, 0.4) is 0 Å². The van der Waals surface area contributed by atoms with Crippen LogP contribution >= 0.6 is 0 Å². The maximum atomic E-state index is 11.4. The summed E-state index contributed by atoms with van der Waals surface area (Å²) in [5.74, 6) is 0.493. The van der Waals surface area contributed by atoms with E-state index in [1.54, 1.807) is 19.2 Å². The van der Waals surface area contributed by atoms with Crippen LogP contribution in [0.15, 0.2) is 42.6 Å². The molecule has 114 valence electrons. The quantitative estimate of drug-likeness (QED) is 0.937. The molecule has 0 spiro atoms. The number of rotatable bonds is 3. The fourth-order valence-electron chi connectivity index (χ4n) is 2.69. The molecule has 0 fully saturated rings. The van der Waals surface area contributed by atoms with Gasteiger partial charge < -0.3 is 9.64 Å². The topological polar surface area (TPSA) is 54.5 Å². The zero-order valence-corrected chi connectivity index (χ0v) is 12.6. The lowest BCUT2D eigenvalue weighted by molar-refractivity contribution is 0.168. The molecule has 3 rings (SSSR count). The Hall–Kier alpha value is -2.56. The highest BCUT2D eigenvalue weighted by Crippen LogP contribution is 2.33. The fraction of sp³-hybridized carbons (Fsp3) is 0.294. The van der Waals surface area contributed by atoms with Gasteiger partial charge in [-0.25, -0.2) is 9.78 Å². The van der Waals surface area contributed by atoms with Gasteiger partial charge in [-0.3, -0.25) is 5.32 Å². The average molecular weight is 297 g/mol. The number of amides is 1.